The first kappa shape index (κ1) is 14.2. The van der Waals surface area contributed by atoms with E-state index in [0.29, 0.717) is 24.4 Å². The Hall–Kier alpha value is -1.18. The van der Waals surface area contributed by atoms with Crippen molar-refractivity contribution in [2.24, 2.45) is 5.14 Å². The lowest BCUT2D eigenvalue weighted by Crippen LogP contribution is -2.47. The number of pyridine rings is 1. The maximum Gasteiger partial charge on any atom is 0.272 e. The number of sulfonamides is 1. The fourth-order valence-electron chi connectivity index (χ4n) is 2.06. The largest absolute Gasteiger partial charge is 0.336 e. The standard InChI is InChI=1S/C11H14ClN3O3S/c12-8-3-4-10(14-6-8)11(16)15-5-1-2-9(7-15)19(13,17)18/h3-4,6,9H,1-2,5,7H2,(H2,13,17,18). The molecule has 2 N–H and O–H groups in total. The Kier molecular flexibility index (Phi) is 4.07. The number of nitrogens with two attached hydrogens (primary N) is 1. The van der Waals surface area contributed by atoms with Crippen molar-refractivity contribution in [3.05, 3.63) is 29.0 Å². The van der Waals surface area contributed by atoms with E-state index in [-0.39, 0.29) is 18.1 Å². The Morgan fingerprint density at radius 2 is 2.21 bits per heavy atom. The molecule has 1 unspecified atom stereocenters. The second-order valence-corrected chi connectivity index (χ2v) is 6.75. The number of carbonyl (C=O) groups is 1. The lowest BCUT2D eigenvalue weighted by molar-refractivity contribution is 0.0721. The maximum absolute atomic E-state index is 12.2. The average Bonchev–Trinajstić information content (AvgIpc) is 2.38. The zero-order valence-electron chi connectivity index (χ0n) is 10.1. The third-order valence-corrected chi connectivity index (χ3v) is 4.61. The van der Waals surface area contributed by atoms with Crippen LogP contribution in [0.1, 0.15) is 23.3 Å². The van der Waals surface area contributed by atoms with Crippen LogP contribution in [0.3, 0.4) is 0 Å². The van der Waals surface area contributed by atoms with Crippen molar-refractivity contribution in [1.82, 2.24) is 9.88 Å². The minimum atomic E-state index is -3.62. The van der Waals surface area contributed by atoms with E-state index in [4.69, 9.17) is 16.7 Å². The van der Waals surface area contributed by atoms with E-state index in [1.165, 1.54) is 17.2 Å². The number of nitrogens with zero attached hydrogens (tertiary/aromatic N) is 2. The first-order chi connectivity index (χ1) is 8.88. The molecular formula is C11H14ClN3O3S. The maximum atomic E-state index is 12.2. The smallest absolute Gasteiger partial charge is 0.272 e. The summed E-state index contributed by atoms with van der Waals surface area (Å²) in [5.74, 6) is -0.301. The third-order valence-electron chi connectivity index (χ3n) is 3.08. The van der Waals surface area contributed by atoms with Crippen LogP contribution in [0.2, 0.25) is 5.02 Å². The summed E-state index contributed by atoms with van der Waals surface area (Å²) in [4.78, 5) is 17.6. The van der Waals surface area contributed by atoms with Gasteiger partial charge in [-0.15, -0.1) is 0 Å². The van der Waals surface area contributed by atoms with Crippen LogP contribution in [0, 0.1) is 0 Å². The highest BCUT2D eigenvalue weighted by molar-refractivity contribution is 7.89. The topological polar surface area (TPSA) is 93.4 Å². The predicted octanol–water partition coefficient (Wildman–Crippen LogP) is 0.628. The second kappa shape index (κ2) is 5.44. The molecule has 1 amide bonds. The zero-order chi connectivity index (χ0) is 14.0. The first-order valence-corrected chi connectivity index (χ1v) is 7.79. The summed E-state index contributed by atoms with van der Waals surface area (Å²) in [7, 11) is -3.62. The highest BCUT2D eigenvalue weighted by Crippen LogP contribution is 2.17. The van der Waals surface area contributed by atoms with Gasteiger partial charge in [0.1, 0.15) is 5.69 Å². The van der Waals surface area contributed by atoms with Gasteiger partial charge in [0.15, 0.2) is 0 Å². The van der Waals surface area contributed by atoms with E-state index in [9.17, 15) is 13.2 Å². The Morgan fingerprint density at radius 3 is 2.79 bits per heavy atom. The van der Waals surface area contributed by atoms with E-state index >= 15 is 0 Å². The van der Waals surface area contributed by atoms with E-state index in [1.54, 1.807) is 6.07 Å². The van der Waals surface area contributed by atoms with E-state index < -0.39 is 15.3 Å². The van der Waals surface area contributed by atoms with Crippen molar-refractivity contribution in [2.45, 2.75) is 18.1 Å². The van der Waals surface area contributed by atoms with E-state index in [0.717, 1.165) is 0 Å². The second-order valence-electron chi connectivity index (χ2n) is 4.47. The summed E-state index contributed by atoms with van der Waals surface area (Å²) in [5, 5.41) is 4.88. The van der Waals surface area contributed by atoms with Gasteiger partial charge in [0.25, 0.3) is 5.91 Å². The van der Waals surface area contributed by atoms with Crippen molar-refractivity contribution >= 4 is 27.5 Å². The molecule has 1 saturated heterocycles. The summed E-state index contributed by atoms with van der Waals surface area (Å²) >= 11 is 5.70. The fourth-order valence-corrected chi connectivity index (χ4v) is 3.05. The van der Waals surface area contributed by atoms with Gasteiger partial charge in [0.05, 0.1) is 10.3 Å². The molecule has 0 aliphatic carbocycles. The number of aromatic nitrogens is 1. The Bertz CT molecular complexity index is 573. The SMILES string of the molecule is NS(=O)(=O)C1CCCN(C(=O)c2ccc(Cl)cn2)C1. The molecule has 19 heavy (non-hydrogen) atoms. The molecule has 2 rings (SSSR count). The molecule has 1 aromatic heterocycles. The Morgan fingerprint density at radius 1 is 1.47 bits per heavy atom. The van der Waals surface area contributed by atoms with Crippen molar-refractivity contribution in [3.63, 3.8) is 0 Å². The molecule has 0 saturated carbocycles. The van der Waals surface area contributed by atoms with Crippen LogP contribution in [0.5, 0.6) is 0 Å². The number of carbonyl (C=O) groups excluding carboxylic acids is 1. The number of amides is 1. The van der Waals surface area contributed by atoms with E-state index in [1.807, 2.05) is 0 Å². The van der Waals surface area contributed by atoms with Crippen LogP contribution in [0.4, 0.5) is 0 Å². The van der Waals surface area contributed by atoms with Gasteiger partial charge >= 0.3 is 0 Å². The van der Waals surface area contributed by atoms with Crippen molar-refractivity contribution in [1.29, 1.82) is 0 Å². The van der Waals surface area contributed by atoms with Crippen molar-refractivity contribution in [3.8, 4) is 0 Å². The third kappa shape index (κ3) is 3.43. The molecule has 104 valence electrons. The zero-order valence-corrected chi connectivity index (χ0v) is 11.7. The molecule has 8 heteroatoms. The van der Waals surface area contributed by atoms with Crippen LogP contribution in [0.25, 0.3) is 0 Å². The summed E-state index contributed by atoms with van der Waals surface area (Å²) < 4.78 is 22.7. The molecule has 1 aliphatic rings. The molecule has 0 bridgehead atoms. The van der Waals surface area contributed by atoms with Gasteiger partial charge in [-0.05, 0) is 25.0 Å². The number of halogens is 1. The van der Waals surface area contributed by atoms with Gasteiger partial charge in [0, 0.05) is 19.3 Å². The first-order valence-electron chi connectivity index (χ1n) is 5.80. The van der Waals surface area contributed by atoms with Gasteiger partial charge in [-0.1, -0.05) is 11.6 Å². The number of piperidine rings is 1. The Labute approximate surface area is 116 Å². The number of rotatable bonds is 2. The highest BCUT2D eigenvalue weighted by atomic mass is 35.5. The summed E-state index contributed by atoms with van der Waals surface area (Å²) in [6, 6.07) is 3.09. The number of hydrogen-bond donors (Lipinski definition) is 1. The molecule has 0 spiro atoms. The molecule has 1 fully saturated rings. The Balaban J connectivity index is 2.13. The summed E-state index contributed by atoms with van der Waals surface area (Å²) in [5.41, 5.74) is 0.250. The van der Waals surface area contributed by atoms with Gasteiger partial charge in [-0.2, -0.15) is 0 Å². The molecule has 0 aromatic carbocycles. The molecule has 1 atom stereocenters. The van der Waals surface area contributed by atoms with Crippen molar-refractivity contribution < 1.29 is 13.2 Å². The van der Waals surface area contributed by atoms with Crippen LogP contribution in [-0.2, 0) is 10.0 Å². The summed E-state index contributed by atoms with van der Waals surface area (Å²) in [6.45, 7) is 0.622. The molecule has 1 aliphatic heterocycles. The van der Waals surface area contributed by atoms with Gasteiger partial charge in [-0.3, -0.25) is 4.79 Å². The lowest BCUT2D eigenvalue weighted by Gasteiger charge is -2.31. The predicted molar refractivity (Wildman–Crippen MR) is 71.3 cm³/mol. The van der Waals surface area contributed by atoms with Crippen LogP contribution in [0.15, 0.2) is 18.3 Å². The summed E-state index contributed by atoms with van der Waals surface area (Å²) in [6.07, 6.45) is 2.48. The lowest BCUT2D eigenvalue weighted by atomic mass is 10.1. The van der Waals surface area contributed by atoms with Crippen LogP contribution < -0.4 is 5.14 Å². The number of hydrogen-bond acceptors (Lipinski definition) is 4. The monoisotopic (exact) mass is 303 g/mol. The molecule has 1 aromatic rings. The van der Waals surface area contributed by atoms with Gasteiger partial charge < -0.3 is 4.90 Å². The van der Waals surface area contributed by atoms with Crippen LogP contribution in [-0.4, -0.2) is 42.5 Å². The normalized spacial score (nSPS) is 20.3. The molecule has 6 nitrogen and oxygen atoms in total. The molecule has 0 radical (unpaired) electrons. The highest BCUT2D eigenvalue weighted by Gasteiger charge is 2.31. The minimum absolute atomic E-state index is 0.113. The minimum Gasteiger partial charge on any atom is -0.336 e. The number of likely N-dealkylation sites (tertiary alicyclic amines) is 1. The van der Waals surface area contributed by atoms with E-state index in [2.05, 4.69) is 4.98 Å². The van der Waals surface area contributed by atoms with Gasteiger partial charge in [0.2, 0.25) is 10.0 Å². The fraction of sp³-hybridized carbons (Fsp3) is 0.455. The van der Waals surface area contributed by atoms with Gasteiger partial charge in [-0.25, -0.2) is 18.5 Å². The quantitative estimate of drug-likeness (QED) is 0.867. The molecular weight excluding hydrogens is 290 g/mol. The van der Waals surface area contributed by atoms with Crippen LogP contribution >= 0.6 is 11.6 Å². The van der Waals surface area contributed by atoms with Crippen molar-refractivity contribution in [2.75, 3.05) is 13.1 Å². The number of primary sulfonamides is 1. The average molecular weight is 304 g/mol. The molecule has 2 heterocycles.